The lowest BCUT2D eigenvalue weighted by Crippen LogP contribution is -2.37. The van der Waals surface area contributed by atoms with Crippen LogP contribution in [0.3, 0.4) is 0 Å². The second kappa shape index (κ2) is 8.74. The lowest BCUT2D eigenvalue weighted by Gasteiger charge is -2.37. The molecule has 3 aromatic rings. The van der Waals surface area contributed by atoms with Crippen LogP contribution < -0.4 is 5.32 Å². The highest BCUT2D eigenvalue weighted by Crippen LogP contribution is 2.40. The Kier molecular flexibility index (Phi) is 6.09. The third-order valence-electron chi connectivity index (χ3n) is 5.52. The quantitative estimate of drug-likeness (QED) is 0.513. The first-order valence-corrected chi connectivity index (χ1v) is 11.2. The fourth-order valence-electron chi connectivity index (χ4n) is 3.93. The van der Waals surface area contributed by atoms with Crippen molar-refractivity contribution in [2.24, 2.45) is 5.92 Å². The lowest BCUT2D eigenvalue weighted by molar-refractivity contribution is 0.0996. The summed E-state index contributed by atoms with van der Waals surface area (Å²) in [6.07, 6.45) is 3.88. The fourth-order valence-corrected chi connectivity index (χ4v) is 4.99. The molecule has 1 aliphatic heterocycles. The standard InChI is InChI=1S/C23H25ClN2O2S/c1-15-9-11-26(12-10-15)21(17-5-7-18(24)8-6-17)19-14-16(2)29-23(19)25-22(27)20-4-3-13-28-20/h3-8,13-15,21H,9-12H2,1-2H3,(H,25,27)/t21-/m0/s1. The Bertz CT molecular complexity index is 957. The topological polar surface area (TPSA) is 45.5 Å². The van der Waals surface area contributed by atoms with Crippen molar-refractivity contribution in [2.45, 2.75) is 32.7 Å². The number of hydrogen-bond acceptors (Lipinski definition) is 4. The number of likely N-dealkylation sites (tertiary alicyclic amines) is 1. The average Bonchev–Trinajstić information content (AvgIpc) is 3.35. The van der Waals surface area contributed by atoms with Crippen molar-refractivity contribution in [2.75, 3.05) is 18.4 Å². The number of nitrogens with zero attached hydrogens (tertiary/aromatic N) is 1. The number of carbonyl (C=O) groups is 1. The molecule has 1 saturated heterocycles. The number of hydrogen-bond donors (Lipinski definition) is 1. The van der Waals surface area contributed by atoms with Crippen molar-refractivity contribution in [3.8, 4) is 0 Å². The zero-order chi connectivity index (χ0) is 20.4. The van der Waals surface area contributed by atoms with Gasteiger partial charge in [0.05, 0.1) is 12.3 Å². The minimum atomic E-state index is -0.222. The summed E-state index contributed by atoms with van der Waals surface area (Å²) in [5.41, 5.74) is 2.32. The molecule has 1 atom stereocenters. The molecule has 4 rings (SSSR count). The molecule has 1 amide bonds. The van der Waals surface area contributed by atoms with Crippen LogP contribution in [0.5, 0.6) is 0 Å². The third kappa shape index (κ3) is 4.58. The highest BCUT2D eigenvalue weighted by molar-refractivity contribution is 7.16. The van der Waals surface area contributed by atoms with E-state index in [9.17, 15) is 4.79 Å². The summed E-state index contributed by atoms with van der Waals surface area (Å²) in [7, 11) is 0. The zero-order valence-electron chi connectivity index (χ0n) is 16.7. The predicted molar refractivity (Wildman–Crippen MR) is 119 cm³/mol. The van der Waals surface area contributed by atoms with E-state index in [1.807, 2.05) is 12.1 Å². The van der Waals surface area contributed by atoms with Gasteiger partial charge in [-0.3, -0.25) is 9.69 Å². The van der Waals surface area contributed by atoms with Gasteiger partial charge >= 0.3 is 0 Å². The van der Waals surface area contributed by atoms with Crippen LogP contribution in [0.15, 0.2) is 53.1 Å². The molecule has 2 aromatic heterocycles. The molecular formula is C23H25ClN2O2S. The van der Waals surface area contributed by atoms with Crippen molar-refractivity contribution in [3.05, 3.63) is 75.5 Å². The van der Waals surface area contributed by atoms with Gasteiger partial charge in [0.1, 0.15) is 5.00 Å². The number of carbonyl (C=O) groups excluding carboxylic acids is 1. The van der Waals surface area contributed by atoms with Gasteiger partial charge in [-0.2, -0.15) is 0 Å². The number of anilines is 1. The van der Waals surface area contributed by atoms with Crippen LogP contribution in [-0.4, -0.2) is 23.9 Å². The molecule has 152 valence electrons. The monoisotopic (exact) mass is 428 g/mol. The molecule has 0 bridgehead atoms. The van der Waals surface area contributed by atoms with E-state index in [-0.39, 0.29) is 11.9 Å². The molecule has 0 unspecified atom stereocenters. The first-order valence-electron chi connectivity index (χ1n) is 9.96. The number of benzene rings is 1. The summed E-state index contributed by atoms with van der Waals surface area (Å²) in [5, 5.41) is 4.68. The summed E-state index contributed by atoms with van der Waals surface area (Å²) < 4.78 is 5.27. The SMILES string of the molecule is Cc1cc([C@H](c2ccc(Cl)cc2)N2CCC(C)CC2)c(NC(=O)c2ccco2)s1. The Hall–Kier alpha value is -2.08. The summed E-state index contributed by atoms with van der Waals surface area (Å²) in [6, 6.07) is 13.7. The van der Waals surface area contributed by atoms with Gasteiger partial charge in [0, 0.05) is 15.5 Å². The van der Waals surface area contributed by atoms with Gasteiger partial charge in [-0.15, -0.1) is 11.3 Å². The van der Waals surface area contributed by atoms with Gasteiger partial charge in [-0.25, -0.2) is 0 Å². The zero-order valence-corrected chi connectivity index (χ0v) is 18.2. The van der Waals surface area contributed by atoms with E-state index in [0.717, 1.165) is 34.6 Å². The van der Waals surface area contributed by atoms with Crippen LogP contribution >= 0.6 is 22.9 Å². The van der Waals surface area contributed by atoms with Gasteiger partial charge in [0.15, 0.2) is 5.76 Å². The number of aryl methyl sites for hydroxylation is 1. The van der Waals surface area contributed by atoms with Crippen molar-refractivity contribution < 1.29 is 9.21 Å². The number of amides is 1. The van der Waals surface area contributed by atoms with Crippen LogP contribution in [0.2, 0.25) is 5.02 Å². The molecule has 29 heavy (non-hydrogen) atoms. The second-order valence-electron chi connectivity index (χ2n) is 7.75. The number of nitrogens with one attached hydrogen (secondary N) is 1. The number of halogens is 1. The highest BCUT2D eigenvalue weighted by Gasteiger charge is 2.29. The van der Waals surface area contributed by atoms with Gasteiger partial charge in [-0.1, -0.05) is 30.7 Å². The van der Waals surface area contributed by atoms with Gasteiger partial charge < -0.3 is 9.73 Å². The van der Waals surface area contributed by atoms with E-state index in [2.05, 4.69) is 42.3 Å². The van der Waals surface area contributed by atoms with Crippen molar-refractivity contribution >= 4 is 33.8 Å². The largest absolute Gasteiger partial charge is 0.459 e. The first-order chi connectivity index (χ1) is 14.0. The Balaban J connectivity index is 1.70. The van der Waals surface area contributed by atoms with E-state index >= 15 is 0 Å². The lowest BCUT2D eigenvalue weighted by atomic mass is 9.93. The molecule has 0 aliphatic carbocycles. The van der Waals surface area contributed by atoms with E-state index in [1.54, 1.807) is 23.5 Å². The van der Waals surface area contributed by atoms with Crippen LogP contribution in [0, 0.1) is 12.8 Å². The maximum Gasteiger partial charge on any atom is 0.291 e. The van der Waals surface area contributed by atoms with Crippen molar-refractivity contribution in [1.82, 2.24) is 4.90 Å². The van der Waals surface area contributed by atoms with Gasteiger partial charge in [0.2, 0.25) is 0 Å². The van der Waals surface area contributed by atoms with Crippen LogP contribution in [0.25, 0.3) is 0 Å². The number of furan rings is 1. The maximum atomic E-state index is 12.6. The number of rotatable bonds is 5. The van der Waals surface area contributed by atoms with Crippen molar-refractivity contribution in [1.29, 1.82) is 0 Å². The van der Waals surface area contributed by atoms with E-state index in [0.29, 0.717) is 5.76 Å². The summed E-state index contributed by atoms with van der Waals surface area (Å²) in [6.45, 7) is 6.47. The minimum Gasteiger partial charge on any atom is -0.459 e. The minimum absolute atomic E-state index is 0.0802. The molecular weight excluding hydrogens is 404 g/mol. The summed E-state index contributed by atoms with van der Waals surface area (Å²) in [5.74, 6) is 0.844. The normalized spacial score (nSPS) is 16.7. The average molecular weight is 429 g/mol. The third-order valence-corrected chi connectivity index (χ3v) is 6.75. The first kappa shape index (κ1) is 20.2. The van der Waals surface area contributed by atoms with Crippen molar-refractivity contribution in [3.63, 3.8) is 0 Å². The molecule has 1 fully saturated rings. The maximum absolute atomic E-state index is 12.6. The second-order valence-corrected chi connectivity index (χ2v) is 9.44. The fraction of sp³-hybridized carbons (Fsp3) is 0.348. The molecule has 3 heterocycles. The van der Waals surface area contributed by atoms with Gasteiger partial charge in [-0.05, 0) is 74.7 Å². The molecule has 1 aromatic carbocycles. The Morgan fingerprint density at radius 3 is 2.62 bits per heavy atom. The van der Waals surface area contributed by atoms with E-state index < -0.39 is 0 Å². The Morgan fingerprint density at radius 2 is 1.97 bits per heavy atom. The van der Waals surface area contributed by atoms with Crippen LogP contribution in [-0.2, 0) is 0 Å². The van der Waals surface area contributed by atoms with E-state index in [1.165, 1.54) is 29.5 Å². The Labute approximate surface area is 180 Å². The Morgan fingerprint density at radius 1 is 1.24 bits per heavy atom. The van der Waals surface area contributed by atoms with E-state index in [4.69, 9.17) is 16.0 Å². The molecule has 0 radical (unpaired) electrons. The smallest absolute Gasteiger partial charge is 0.291 e. The van der Waals surface area contributed by atoms with Crippen LogP contribution in [0.4, 0.5) is 5.00 Å². The molecule has 1 aliphatic rings. The molecule has 6 heteroatoms. The highest BCUT2D eigenvalue weighted by atomic mass is 35.5. The number of thiophene rings is 1. The summed E-state index contributed by atoms with van der Waals surface area (Å²) >= 11 is 7.75. The van der Waals surface area contributed by atoms with Crippen LogP contribution in [0.1, 0.15) is 52.4 Å². The number of piperidine rings is 1. The summed E-state index contributed by atoms with van der Waals surface area (Å²) in [4.78, 5) is 16.3. The van der Waals surface area contributed by atoms with Gasteiger partial charge in [0.25, 0.3) is 5.91 Å². The molecule has 4 nitrogen and oxygen atoms in total. The molecule has 0 spiro atoms. The predicted octanol–water partition coefficient (Wildman–Crippen LogP) is 6.38. The molecule has 0 saturated carbocycles. The molecule has 1 N–H and O–H groups in total.